The molecule has 4 heteroatoms. The highest BCUT2D eigenvalue weighted by Gasteiger charge is 1.87. The monoisotopic (exact) mass is 201 g/mol. The fraction of sp³-hybridized carbons (Fsp3) is 0.182. The Morgan fingerprint density at radius 1 is 1.20 bits per heavy atom. The molecule has 1 aliphatic heterocycles. The van der Waals surface area contributed by atoms with Gasteiger partial charge in [-0.05, 0) is 6.07 Å². The second-order valence-corrected chi connectivity index (χ2v) is 2.99. The molecule has 0 radical (unpaired) electrons. The summed E-state index contributed by atoms with van der Waals surface area (Å²) in [6, 6.07) is 7.91. The molecule has 0 bridgehead atoms. The van der Waals surface area contributed by atoms with Crippen molar-refractivity contribution < 1.29 is 4.84 Å². The summed E-state index contributed by atoms with van der Waals surface area (Å²) in [4.78, 5) is 12.5. The summed E-state index contributed by atoms with van der Waals surface area (Å²) in [6.07, 6.45) is 6.12. The van der Waals surface area contributed by atoms with Crippen molar-refractivity contribution in [3.8, 4) is 0 Å². The van der Waals surface area contributed by atoms with Gasteiger partial charge in [-0.2, -0.15) is 0 Å². The smallest absolute Gasteiger partial charge is 0.122 e. The minimum atomic E-state index is 0.778. The molecule has 0 atom stereocenters. The van der Waals surface area contributed by atoms with Crippen LogP contribution >= 0.6 is 0 Å². The molecule has 0 unspecified atom stereocenters. The zero-order chi connectivity index (χ0) is 10.3. The number of aromatic nitrogens is 2. The van der Waals surface area contributed by atoms with Gasteiger partial charge in [0, 0.05) is 24.2 Å². The van der Waals surface area contributed by atoms with Crippen LogP contribution in [0.4, 0.5) is 0 Å². The topological polar surface area (TPSA) is 47.4 Å². The second kappa shape index (κ2) is 5.05. The fourth-order valence-electron chi connectivity index (χ4n) is 1.19. The molecule has 1 aliphatic rings. The molecule has 0 saturated carbocycles. The molecular formula is C11H11N3O. The molecule has 0 N–H and O–H groups in total. The van der Waals surface area contributed by atoms with E-state index >= 15 is 0 Å². The first kappa shape index (κ1) is 9.58. The third-order valence-corrected chi connectivity index (χ3v) is 1.90. The maximum absolute atomic E-state index is 4.51. The minimum Gasteiger partial charge on any atom is -0.396 e. The lowest BCUT2D eigenvalue weighted by molar-refractivity contribution is 0.174. The van der Waals surface area contributed by atoms with Gasteiger partial charge in [0.15, 0.2) is 0 Å². The molecule has 2 aromatic rings. The van der Waals surface area contributed by atoms with Gasteiger partial charge in [-0.1, -0.05) is 23.4 Å². The Morgan fingerprint density at radius 3 is 2.80 bits per heavy atom. The fourth-order valence-corrected chi connectivity index (χ4v) is 1.19. The van der Waals surface area contributed by atoms with Crippen LogP contribution in [-0.2, 0) is 4.84 Å². The van der Waals surface area contributed by atoms with Crippen molar-refractivity contribution >= 4 is 17.1 Å². The predicted molar refractivity (Wildman–Crippen MR) is 58.6 cm³/mol. The van der Waals surface area contributed by atoms with Gasteiger partial charge in [-0.25, -0.2) is 9.97 Å². The van der Waals surface area contributed by atoms with E-state index in [9.17, 15) is 0 Å². The first-order valence-corrected chi connectivity index (χ1v) is 4.75. The number of hydrogen-bond acceptors (Lipinski definition) is 4. The van der Waals surface area contributed by atoms with E-state index in [2.05, 4.69) is 20.0 Å². The molecule has 0 spiro atoms. The summed E-state index contributed by atoms with van der Waals surface area (Å²) in [7, 11) is 0. The van der Waals surface area contributed by atoms with Crippen LogP contribution in [0, 0.1) is 0 Å². The van der Waals surface area contributed by atoms with E-state index in [0.717, 1.165) is 23.9 Å². The quantitative estimate of drug-likeness (QED) is 0.655. The lowest BCUT2D eigenvalue weighted by Crippen LogP contribution is -1.77. The number of oxime groups is 1. The van der Waals surface area contributed by atoms with Crippen LogP contribution in [0.5, 0.6) is 0 Å². The van der Waals surface area contributed by atoms with E-state index in [-0.39, 0.29) is 0 Å². The summed E-state index contributed by atoms with van der Waals surface area (Å²) in [5.41, 5.74) is 0.998. The van der Waals surface area contributed by atoms with Crippen molar-refractivity contribution in [2.24, 2.45) is 5.16 Å². The molecule has 4 nitrogen and oxygen atoms in total. The van der Waals surface area contributed by atoms with Crippen LogP contribution in [0.15, 0.2) is 41.9 Å². The van der Waals surface area contributed by atoms with Crippen molar-refractivity contribution in [1.82, 2.24) is 9.97 Å². The average molecular weight is 201 g/mol. The molecule has 15 heavy (non-hydrogen) atoms. The summed E-state index contributed by atoms with van der Waals surface area (Å²) < 4.78 is 0. The van der Waals surface area contributed by atoms with Gasteiger partial charge in [0.2, 0.25) is 0 Å². The van der Waals surface area contributed by atoms with Gasteiger partial charge in [-0.15, -0.1) is 0 Å². The standard InChI is InChI=1S/C8H6N2.C3H5NO/c1-2-4-8-7(3-1)5-9-6-10-8;1-2-4-5-3-1/h1-6H;2H,1,3H2. The Balaban J connectivity index is 0.000000144. The van der Waals surface area contributed by atoms with Gasteiger partial charge in [-0.3, -0.25) is 0 Å². The number of fused-ring (bicyclic) bond motifs is 1. The SMILES string of the molecule is C1=NOCC1.c1ccc2ncncc2c1. The van der Waals surface area contributed by atoms with Gasteiger partial charge >= 0.3 is 0 Å². The zero-order valence-electron chi connectivity index (χ0n) is 8.21. The van der Waals surface area contributed by atoms with Crippen molar-refractivity contribution in [3.63, 3.8) is 0 Å². The maximum atomic E-state index is 4.51. The van der Waals surface area contributed by atoms with Gasteiger partial charge < -0.3 is 4.84 Å². The number of rotatable bonds is 0. The summed E-state index contributed by atoms with van der Waals surface area (Å²) in [5.74, 6) is 0. The van der Waals surface area contributed by atoms with Crippen LogP contribution in [0.25, 0.3) is 10.9 Å². The van der Waals surface area contributed by atoms with Crippen molar-refractivity contribution in [3.05, 3.63) is 36.8 Å². The van der Waals surface area contributed by atoms with E-state index < -0.39 is 0 Å². The van der Waals surface area contributed by atoms with E-state index in [1.807, 2.05) is 30.5 Å². The minimum absolute atomic E-state index is 0.778. The molecule has 0 saturated heterocycles. The molecule has 2 heterocycles. The lowest BCUT2D eigenvalue weighted by Gasteiger charge is -1.90. The number of benzene rings is 1. The van der Waals surface area contributed by atoms with Crippen molar-refractivity contribution in [2.75, 3.05) is 6.61 Å². The highest BCUT2D eigenvalue weighted by atomic mass is 16.6. The van der Waals surface area contributed by atoms with E-state index in [1.54, 1.807) is 12.5 Å². The highest BCUT2D eigenvalue weighted by molar-refractivity contribution is 5.76. The van der Waals surface area contributed by atoms with Crippen LogP contribution < -0.4 is 0 Å². The van der Waals surface area contributed by atoms with E-state index in [0.29, 0.717) is 0 Å². The van der Waals surface area contributed by atoms with Crippen LogP contribution in [-0.4, -0.2) is 22.8 Å². The van der Waals surface area contributed by atoms with Crippen molar-refractivity contribution in [2.45, 2.75) is 6.42 Å². The molecule has 0 fully saturated rings. The van der Waals surface area contributed by atoms with E-state index in [1.165, 1.54) is 0 Å². The Morgan fingerprint density at radius 2 is 2.13 bits per heavy atom. The first-order valence-electron chi connectivity index (χ1n) is 4.75. The molecule has 76 valence electrons. The van der Waals surface area contributed by atoms with Gasteiger partial charge in [0.1, 0.15) is 12.9 Å². The molecule has 0 amide bonds. The number of para-hydroxylation sites is 1. The van der Waals surface area contributed by atoms with Crippen molar-refractivity contribution in [1.29, 1.82) is 0 Å². The predicted octanol–water partition coefficient (Wildman–Crippen LogP) is 2.02. The van der Waals surface area contributed by atoms with Gasteiger partial charge in [0.25, 0.3) is 0 Å². The largest absolute Gasteiger partial charge is 0.396 e. The molecule has 0 aliphatic carbocycles. The average Bonchev–Trinajstić information content (AvgIpc) is 2.88. The maximum Gasteiger partial charge on any atom is 0.122 e. The lowest BCUT2D eigenvalue weighted by atomic mass is 10.2. The molecule has 1 aromatic heterocycles. The summed E-state index contributed by atoms with van der Waals surface area (Å²) in [6.45, 7) is 0.778. The Bertz CT molecular complexity index is 385. The third kappa shape index (κ3) is 2.74. The number of hydrogen-bond donors (Lipinski definition) is 0. The van der Waals surface area contributed by atoms with Crippen LogP contribution in [0.2, 0.25) is 0 Å². The Hall–Kier alpha value is -1.97. The molecule has 3 rings (SSSR count). The van der Waals surface area contributed by atoms with Crippen LogP contribution in [0.3, 0.4) is 0 Å². The third-order valence-electron chi connectivity index (χ3n) is 1.90. The Labute approximate surface area is 87.6 Å². The zero-order valence-corrected chi connectivity index (χ0v) is 8.21. The summed E-state index contributed by atoms with van der Waals surface area (Å²) in [5, 5.41) is 4.55. The van der Waals surface area contributed by atoms with E-state index in [4.69, 9.17) is 0 Å². The Kier molecular flexibility index (Phi) is 3.22. The first-order chi connectivity index (χ1) is 7.47. The normalized spacial score (nSPS) is 13.1. The second-order valence-electron chi connectivity index (χ2n) is 2.99. The molecular weight excluding hydrogens is 190 g/mol. The summed E-state index contributed by atoms with van der Waals surface area (Å²) >= 11 is 0. The molecule has 1 aromatic carbocycles. The highest BCUT2D eigenvalue weighted by Crippen LogP contribution is 2.06. The van der Waals surface area contributed by atoms with Gasteiger partial charge in [0.05, 0.1) is 5.52 Å². The number of nitrogens with zero attached hydrogens (tertiary/aromatic N) is 3. The van der Waals surface area contributed by atoms with Crippen LogP contribution in [0.1, 0.15) is 6.42 Å².